The van der Waals surface area contributed by atoms with E-state index in [9.17, 15) is 9.59 Å². The molecule has 7 nitrogen and oxygen atoms in total. The number of nitrogens with one attached hydrogen (secondary N) is 1. The number of carbonyl (C=O) groups excluding carboxylic acids is 2. The number of amides is 1. The summed E-state index contributed by atoms with van der Waals surface area (Å²) in [5.74, 6) is -1.04. The summed E-state index contributed by atoms with van der Waals surface area (Å²) >= 11 is 0. The Labute approximate surface area is 169 Å². The van der Waals surface area contributed by atoms with Gasteiger partial charge in [0.2, 0.25) is 0 Å². The van der Waals surface area contributed by atoms with Crippen LogP contribution in [0, 0.1) is 13.8 Å². The topological polar surface area (TPSA) is 86.1 Å². The van der Waals surface area contributed by atoms with E-state index in [4.69, 9.17) is 4.74 Å². The molecule has 0 fully saturated rings. The van der Waals surface area contributed by atoms with E-state index in [2.05, 4.69) is 15.5 Å². The molecule has 0 saturated carbocycles. The van der Waals surface area contributed by atoms with Gasteiger partial charge in [0.1, 0.15) is 0 Å². The standard InChI is InChI=1S/C22H24N4O3/c1-4-19(17-12-10-15(2)11-13-17)23-20(27)14-29-22(28)21-16(3)24-26(25-21)18-8-6-5-7-9-18/h5-13,19H,4,14H2,1-3H3,(H,23,27)/t19-/m1/s1. The van der Waals surface area contributed by atoms with E-state index in [0.717, 1.165) is 23.2 Å². The van der Waals surface area contributed by atoms with Crippen LogP contribution >= 0.6 is 0 Å². The van der Waals surface area contributed by atoms with Crippen LogP contribution in [0.15, 0.2) is 54.6 Å². The highest BCUT2D eigenvalue weighted by atomic mass is 16.5. The zero-order valence-electron chi connectivity index (χ0n) is 16.8. The Bertz CT molecular complexity index is 981. The Kier molecular flexibility index (Phi) is 6.39. The van der Waals surface area contributed by atoms with Crippen molar-refractivity contribution in [1.82, 2.24) is 20.3 Å². The Morgan fingerprint density at radius 3 is 2.38 bits per heavy atom. The molecule has 2 aromatic carbocycles. The second-order valence-corrected chi connectivity index (χ2v) is 6.77. The monoisotopic (exact) mass is 392 g/mol. The highest BCUT2D eigenvalue weighted by Crippen LogP contribution is 2.17. The van der Waals surface area contributed by atoms with Crippen molar-refractivity contribution in [3.63, 3.8) is 0 Å². The van der Waals surface area contributed by atoms with Crippen LogP contribution in [0.25, 0.3) is 5.69 Å². The summed E-state index contributed by atoms with van der Waals surface area (Å²) < 4.78 is 5.15. The van der Waals surface area contributed by atoms with Gasteiger partial charge in [-0.25, -0.2) is 4.79 Å². The van der Waals surface area contributed by atoms with Crippen molar-refractivity contribution in [2.75, 3.05) is 6.61 Å². The number of esters is 1. The van der Waals surface area contributed by atoms with Crippen LogP contribution < -0.4 is 5.32 Å². The molecule has 0 radical (unpaired) electrons. The van der Waals surface area contributed by atoms with Crippen LogP contribution in [-0.4, -0.2) is 33.5 Å². The Balaban J connectivity index is 1.59. The fourth-order valence-electron chi connectivity index (χ4n) is 2.90. The SMILES string of the molecule is CC[C@@H](NC(=O)COC(=O)c1nn(-c2ccccc2)nc1C)c1ccc(C)cc1. The van der Waals surface area contributed by atoms with E-state index in [1.54, 1.807) is 6.92 Å². The molecule has 0 aliphatic carbocycles. The van der Waals surface area contributed by atoms with Gasteiger partial charge in [0.25, 0.3) is 5.91 Å². The predicted octanol–water partition coefficient (Wildman–Crippen LogP) is 3.31. The largest absolute Gasteiger partial charge is 0.451 e. The molecule has 0 spiro atoms. The van der Waals surface area contributed by atoms with E-state index in [-0.39, 0.29) is 24.2 Å². The molecule has 1 N–H and O–H groups in total. The van der Waals surface area contributed by atoms with E-state index >= 15 is 0 Å². The van der Waals surface area contributed by atoms with E-state index in [1.807, 2.05) is 68.4 Å². The number of benzene rings is 2. The molecule has 1 amide bonds. The maximum atomic E-state index is 12.4. The number of aromatic nitrogens is 3. The number of ether oxygens (including phenoxy) is 1. The van der Waals surface area contributed by atoms with Crippen LogP contribution in [0.3, 0.4) is 0 Å². The lowest BCUT2D eigenvalue weighted by Gasteiger charge is -2.17. The summed E-state index contributed by atoms with van der Waals surface area (Å²) in [6.45, 7) is 5.30. The molecular weight excluding hydrogens is 368 g/mol. The minimum atomic E-state index is -0.678. The summed E-state index contributed by atoms with van der Waals surface area (Å²) in [5.41, 5.74) is 3.43. The second-order valence-electron chi connectivity index (χ2n) is 6.77. The number of rotatable bonds is 7. The Hall–Kier alpha value is -3.48. The first-order valence-corrected chi connectivity index (χ1v) is 9.50. The first-order chi connectivity index (χ1) is 14.0. The second kappa shape index (κ2) is 9.14. The van der Waals surface area contributed by atoms with Gasteiger partial charge in [-0.3, -0.25) is 4.79 Å². The van der Waals surface area contributed by atoms with Gasteiger partial charge in [-0.1, -0.05) is 55.0 Å². The highest BCUT2D eigenvalue weighted by molar-refractivity contribution is 5.90. The van der Waals surface area contributed by atoms with Crippen LogP contribution in [0.1, 0.15) is 46.7 Å². The maximum absolute atomic E-state index is 12.4. The molecule has 1 heterocycles. The molecule has 0 saturated heterocycles. The van der Waals surface area contributed by atoms with E-state index in [0.29, 0.717) is 5.69 Å². The molecule has 0 aliphatic heterocycles. The van der Waals surface area contributed by atoms with Crippen LogP contribution in [0.5, 0.6) is 0 Å². The van der Waals surface area contributed by atoms with Crippen molar-refractivity contribution in [3.8, 4) is 5.69 Å². The third-order valence-electron chi connectivity index (χ3n) is 4.52. The smallest absolute Gasteiger partial charge is 0.361 e. The number of nitrogens with zero attached hydrogens (tertiary/aromatic N) is 3. The Morgan fingerprint density at radius 2 is 1.72 bits per heavy atom. The van der Waals surface area contributed by atoms with Crippen molar-refractivity contribution in [2.45, 2.75) is 33.2 Å². The first kappa shape index (κ1) is 20.3. The number of hydrogen-bond donors (Lipinski definition) is 1. The van der Waals surface area contributed by atoms with Crippen LogP contribution in [0.2, 0.25) is 0 Å². The molecule has 0 bridgehead atoms. The van der Waals surface area contributed by atoms with Crippen molar-refractivity contribution < 1.29 is 14.3 Å². The van der Waals surface area contributed by atoms with Gasteiger partial charge in [0, 0.05) is 0 Å². The number of hydrogen-bond acceptors (Lipinski definition) is 5. The Morgan fingerprint density at radius 1 is 1.03 bits per heavy atom. The maximum Gasteiger partial charge on any atom is 0.361 e. The van der Waals surface area contributed by atoms with Gasteiger partial charge in [0.15, 0.2) is 12.3 Å². The van der Waals surface area contributed by atoms with Crippen molar-refractivity contribution in [1.29, 1.82) is 0 Å². The van der Waals surface area contributed by atoms with Gasteiger partial charge < -0.3 is 10.1 Å². The molecule has 1 atom stereocenters. The zero-order valence-corrected chi connectivity index (χ0v) is 16.8. The van der Waals surface area contributed by atoms with Gasteiger partial charge in [0.05, 0.1) is 17.4 Å². The summed E-state index contributed by atoms with van der Waals surface area (Å²) in [6, 6.07) is 17.1. The van der Waals surface area contributed by atoms with Crippen molar-refractivity contribution >= 4 is 11.9 Å². The zero-order chi connectivity index (χ0) is 20.8. The van der Waals surface area contributed by atoms with E-state index in [1.165, 1.54) is 4.80 Å². The van der Waals surface area contributed by atoms with Gasteiger partial charge >= 0.3 is 5.97 Å². The molecular formula is C22H24N4O3. The van der Waals surface area contributed by atoms with Crippen molar-refractivity contribution in [3.05, 3.63) is 77.1 Å². The van der Waals surface area contributed by atoms with Crippen molar-refractivity contribution in [2.24, 2.45) is 0 Å². The molecule has 0 unspecified atom stereocenters. The van der Waals surface area contributed by atoms with E-state index < -0.39 is 5.97 Å². The average molecular weight is 392 g/mol. The quantitative estimate of drug-likeness (QED) is 0.624. The minimum absolute atomic E-state index is 0.0900. The molecule has 3 rings (SSSR count). The summed E-state index contributed by atoms with van der Waals surface area (Å²) in [6.07, 6.45) is 0.729. The molecule has 29 heavy (non-hydrogen) atoms. The first-order valence-electron chi connectivity index (χ1n) is 9.50. The number of carbonyl (C=O) groups is 2. The highest BCUT2D eigenvalue weighted by Gasteiger charge is 2.20. The molecule has 150 valence electrons. The van der Waals surface area contributed by atoms with Crippen LogP contribution in [-0.2, 0) is 9.53 Å². The van der Waals surface area contributed by atoms with Crippen LogP contribution in [0.4, 0.5) is 0 Å². The summed E-state index contributed by atoms with van der Waals surface area (Å²) in [4.78, 5) is 26.0. The number of aryl methyl sites for hydroxylation is 2. The minimum Gasteiger partial charge on any atom is -0.451 e. The predicted molar refractivity (Wildman–Crippen MR) is 109 cm³/mol. The van der Waals surface area contributed by atoms with Gasteiger partial charge in [-0.15, -0.1) is 5.10 Å². The lowest BCUT2D eigenvalue weighted by molar-refractivity contribution is -0.125. The van der Waals surface area contributed by atoms with Gasteiger partial charge in [-0.05, 0) is 38.0 Å². The molecule has 0 aliphatic rings. The third-order valence-corrected chi connectivity index (χ3v) is 4.52. The molecule has 7 heteroatoms. The third kappa shape index (κ3) is 5.07. The number of para-hydroxylation sites is 1. The summed E-state index contributed by atoms with van der Waals surface area (Å²) in [5, 5.41) is 11.3. The van der Waals surface area contributed by atoms with Gasteiger partial charge in [-0.2, -0.15) is 9.90 Å². The normalized spacial score (nSPS) is 11.7. The lowest BCUT2D eigenvalue weighted by Crippen LogP contribution is -2.32. The molecule has 3 aromatic rings. The average Bonchev–Trinajstić information content (AvgIpc) is 3.13. The fourth-order valence-corrected chi connectivity index (χ4v) is 2.90. The fraction of sp³-hybridized carbons (Fsp3) is 0.273. The molecule has 1 aromatic heterocycles. The lowest BCUT2D eigenvalue weighted by atomic mass is 10.0. The summed E-state index contributed by atoms with van der Waals surface area (Å²) in [7, 11) is 0.